The van der Waals surface area contributed by atoms with Crippen molar-refractivity contribution in [3.8, 4) is 11.4 Å². The summed E-state index contributed by atoms with van der Waals surface area (Å²) in [6.07, 6.45) is 0.997. The average molecular weight is 315 g/mol. The van der Waals surface area contributed by atoms with Gasteiger partial charge in [0, 0.05) is 18.4 Å². The van der Waals surface area contributed by atoms with E-state index < -0.39 is 11.0 Å². The molecule has 2 atom stereocenters. The summed E-state index contributed by atoms with van der Waals surface area (Å²) in [5.41, 5.74) is -0.589. The molecule has 1 aliphatic carbocycles. The lowest BCUT2D eigenvalue weighted by Crippen LogP contribution is -2.52. The van der Waals surface area contributed by atoms with Crippen molar-refractivity contribution in [1.29, 1.82) is 0 Å². The normalized spacial score (nSPS) is 29.2. The fourth-order valence-electron chi connectivity index (χ4n) is 3.47. The van der Waals surface area contributed by atoms with Crippen molar-refractivity contribution in [2.24, 2.45) is 5.41 Å². The van der Waals surface area contributed by atoms with Crippen molar-refractivity contribution in [2.45, 2.75) is 42.8 Å². The Morgan fingerprint density at radius 3 is 2.77 bits per heavy atom. The third kappa shape index (κ3) is 1.94. The minimum absolute atomic E-state index is 0.0808. The van der Waals surface area contributed by atoms with Crippen LogP contribution in [0, 0.1) is 5.41 Å². The van der Waals surface area contributed by atoms with Gasteiger partial charge in [-0.05, 0) is 5.41 Å². The average Bonchev–Trinajstić information content (AvgIpc) is 2.97. The number of thioether (sulfide) groups is 1. The number of hydrogen-bond donors (Lipinski definition) is 1. The van der Waals surface area contributed by atoms with Crippen LogP contribution in [0.25, 0.3) is 11.4 Å². The van der Waals surface area contributed by atoms with Crippen LogP contribution >= 0.6 is 11.8 Å². The molecule has 0 saturated heterocycles. The molecule has 1 saturated carbocycles. The number of carbonyl (C=O) groups is 1. The summed E-state index contributed by atoms with van der Waals surface area (Å²) in [5, 5.41) is 15.8. The van der Waals surface area contributed by atoms with Gasteiger partial charge in [0.05, 0.1) is 0 Å². The Morgan fingerprint density at radius 2 is 2.05 bits per heavy atom. The number of hydrogen-bond acceptors (Lipinski definition) is 5. The molecule has 2 aliphatic rings. The predicted octanol–water partition coefficient (Wildman–Crippen LogP) is 2.45. The number of benzene rings is 1. The molecule has 1 fully saturated rings. The highest BCUT2D eigenvalue weighted by Gasteiger charge is 2.58. The minimum atomic E-state index is -1.27. The Labute approximate surface area is 132 Å². The Kier molecular flexibility index (Phi) is 2.81. The van der Waals surface area contributed by atoms with Crippen molar-refractivity contribution in [3.63, 3.8) is 0 Å². The molecule has 0 spiro atoms. The molecule has 2 heterocycles. The molecule has 1 aliphatic heterocycles. The molecule has 6 heteroatoms. The largest absolute Gasteiger partial charge is 0.368 e. The van der Waals surface area contributed by atoms with Gasteiger partial charge in [-0.3, -0.25) is 4.79 Å². The number of nitrogens with zero attached hydrogens (tertiary/aromatic N) is 3. The molecular formula is C16H17N3O2S. The number of aromatic nitrogens is 3. The Bertz CT molecular complexity index is 756. The molecule has 1 aromatic heterocycles. The molecule has 1 N–H and O–H groups in total. The highest BCUT2D eigenvalue weighted by Crippen LogP contribution is 2.52. The van der Waals surface area contributed by atoms with Crippen molar-refractivity contribution < 1.29 is 9.90 Å². The van der Waals surface area contributed by atoms with Crippen LogP contribution in [0.3, 0.4) is 0 Å². The van der Waals surface area contributed by atoms with Crippen LogP contribution in [0.4, 0.5) is 0 Å². The van der Waals surface area contributed by atoms with E-state index in [4.69, 9.17) is 0 Å². The van der Waals surface area contributed by atoms with Gasteiger partial charge in [0.25, 0.3) is 0 Å². The summed E-state index contributed by atoms with van der Waals surface area (Å²) in [4.78, 5) is 16.9. The highest BCUT2D eigenvalue weighted by molar-refractivity contribution is 8.00. The fraction of sp³-hybridized carbons (Fsp3) is 0.438. The van der Waals surface area contributed by atoms with Crippen molar-refractivity contribution in [3.05, 3.63) is 30.3 Å². The first-order chi connectivity index (χ1) is 10.4. The topological polar surface area (TPSA) is 68.0 Å². The van der Waals surface area contributed by atoms with E-state index in [-0.39, 0.29) is 11.2 Å². The van der Waals surface area contributed by atoms with Gasteiger partial charge in [0.2, 0.25) is 0 Å². The number of fused-ring (bicyclic) bond motifs is 3. The van der Waals surface area contributed by atoms with Gasteiger partial charge < -0.3 is 5.11 Å². The maximum absolute atomic E-state index is 12.4. The minimum Gasteiger partial charge on any atom is -0.368 e. The lowest BCUT2D eigenvalue weighted by molar-refractivity contribution is -0.146. The van der Waals surface area contributed by atoms with Crippen LogP contribution in [-0.4, -0.2) is 30.9 Å². The van der Waals surface area contributed by atoms with Gasteiger partial charge in [-0.25, -0.2) is 9.67 Å². The van der Waals surface area contributed by atoms with Crippen molar-refractivity contribution in [2.75, 3.05) is 0 Å². The van der Waals surface area contributed by atoms with Crippen molar-refractivity contribution >= 4 is 17.5 Å². The van der Waals surface area contributed by atoms with Gasteiger partial charge in [-0.15, -0.1) is 5.10 Å². The second-order valence-corrected chi connectivity index (χ2v) is 7.93. The molecule has 0 amide bonds. The zero-order chi connectivity index (χ0) is 15.5. The second kappa shape index (κ2) is 4.43. The fourth-order valence-corrected chi connectivity index (χ4v) is 4.70. The highest BCUT2D eigenvalue weighted by atomic mass is 32.2. The molecule has 0 radical (unpaired) electrons. The molecule has 22 heavy (non-hydrogen) atoms. The predicted molar refractivity (Wildman–Crippen MR) is 83.3 cm³/mol. The zero-order valence-electron chi connectivity index (χ0n) is 12.5. The molecule has 0 bridgehead atoms. The summed E-state index contributed by atoms with van der Waals surface area (Å²) in [6.45, 7) is 4.02. The van der Waals surface area contributed by atoms with Crippen LogP contribution in [0.5, 0.6) is 0 Å². The van der Waals surface area contributed by atoms with E-state index in [0.717, 1.165) is 5.56 Å². The van der Waals surface area contributed by atoms with E-state index in [1.807, 2.05) is 44.2 Å². The summed E-state index contributed by atoms with van der Waals surface area (Å²) >= 11 is 1.33. The number of carbonyl (C=O) groups excluding carboxylic acids is 1. The Hall–Kier alpha value is -1.66. The van der Waals surface area contributed by atoms with E-state index >= 15 is 0 Å². The summed E-state index contributed by atoms with van der Waals surface area (Å²) in [6, 6.07) is 9.67. The van der Waals surface area contributed by atoms with E-state index in [0.29, 0.717) is 23.8 Å². The first kappa shape index (κ1) is 14.0. The third-order valence-electron chi connectivity index (χ3n) is 4.30. The second-order valence-electron chi connectivity index (χ2n) is 6.86. The van der Waals surface area contributed by atoms with Crippen LogP contribution in [0.2, 0.25) is 0 Å². The smallest absolute Gasteiger partial charge is 0.190 e. The van der Waals surface area contributed by atoms with Gasteiger partial charge in [0.1, 0.15) is 5.25 Å². The quantitative estimate of drug-likeness (QED) is 0.875. The SMILES string of the molecule is CC1(C)CC(=O)C2Sc3nc(-c4ccccc4)nn3C2(O)C1. The summed E-state index contributed by atoms with van der Waals surface area (Å²) in [5.74, 6) is 0.670. The number of ketones is 1. The summed E-state index contributed by atoms with van der Waals surface area (Å²) in [7, 11) is 0. The molecule has 5 nitrogen and oxygen atoms in total. The van der Waals surface area contributed by atoms with E-state index in [1.54, 1.807) is 4.68 Å². The van der Waals surface area contributed by atoms with Crippen molar-refractivity contribution in [1.82, 2.24) is 14.8 Å². The van der Waals surface area contributed by atoms with Crippen LogP contribution in [0.15, 0.2) is 35.5 Å². The zero-order valence-corrected chi connectivity index (χ0v) is 13.3. The van der Waals surface area contributed by atoms with Crippen LogP contribution in [0.1, 0.15) is 26.7 Å². The van der Waals surface area contributed by atoms with E-state index in [2.05, 4.69) is 10.1 Å². The third-order valence-corrected chi connectivity index (χ3v) is 5.65. The lowest BCUT2D eigenvalue weighted by Gasteiger charge is -2.41. The number of Topliss-reactive ketones (excluding diaryl/α,β-unsaturated/α-hetero) is 1. The number of rotatable bonds is 1. The molecular weight excluding hydrogens is 298 g/mol. The van der Waals surface area contributed by atoms with Crippen LogP contribution in [-0.2, 0) is 10.5 Å². The monoisotopic (exact) mass is 315 g/mol. The molecule has 2 unspecified atom stereocenters. The Balaban J connectivity index is 1.79. The van der Waals surface area contributed by atoms with Gasteiger partial charge in [-0.2, -0.15) is 0 Å². The molecule has 114 valence electrons. The van der Waals surface area contributed by atoms with E-state index in [9.17, 15) is 9.90 Å². The first-order valence-electron chi connectivity index (χ1n) is 7.34. The molecule has 2 aromatic rings. The lowest BCUT2D eigenvalue weighted by atomic mass is 9.72. The maximum atomic E-state index is 12.4. The van der Waals surface area contributed by atoms with Gasteiger partial charge in [0.15, 0.2) is 22.5 Å². The standard InChI is InChI=1S/C16H17N3O2S/c1-15(2)8-11(20)12-16(21,9-15)19-14(22-12)17-13(18-19)10-6-4-3-5-7-10/h3-7,12,21H,8-9H2,1-2H3. The molecule has 4 rings (SSSR count). The maximum Gasteiger partial charge on any atom is 0.190 e. The Morgan fingerprint density at radius 1 is 1.32 bits per heavy atom. The molecule has 1 aromatic carbocycles. The summed E-state index contributed by atoms with van der Waals surface area (Å²) < 4.78 is 1.56. The van der Waals surface area contributed by atoms with Crippen LogP contribution < -0.4 is 0 Å². The van der Waals surface area contributed by atoms with Gasteiger partial charge >= 0.3 is 0 Å². The number of aliphatic hydroxyl groups is 1. The van der Waals surface area contributed by atoms with E-state index in [1.165, 1.54) is 11.8 Å². The van der Waals surface area contributed by atoms with Gasteiger partial charge in [-0.1, -0.05) is 55.9 Å². The first-order valence-corrected chi connectivity index (χ1v) is 8.22.